The van der Waals surface area contributed by atoms with Gasteiger partial charge in [0.05, 0.1) is 24.4 Å². The molecule has 0 aliphatic carbocycles. The molecule has 3 aromatic carbocycles. The molecule has 1 heterocycles. The Balaban J connectivity index is 1.86. The van der Waals surface area contributed by atoms with E-state index in [9.17, 15) is 14.3 Å². The van der Waals surface area contributed by atoms with E-state index in [2.05, 4.69) is 5.32 Å². The molecule has 4 aromatic rings. The van der Waals surface area contributed by atoms with Gasteiger partial charge in [0.2, 0.25) is 0 Å². The van der Waals surface area contributed by atoms with Crippen molar-refractivity contribution in [2.75, 3.05) is 12.4 Å². The molecule has 7 nitrogen and oxygen atoms in total. The first kappa shape index (κ1) is 24.6. The molecule has 0 bridgehead atoms. The van der Waals surface area contributed by atoms with E-state index >= 15 is 0 Å². The zero-order chi connectivity index (χ0) is 25.0. The van der Waals surface area contributed by atoms with Crippen molar-refractivity contribution in [3.8, 4) is 11.1 Å². The number of rotatable bonds is 7. The molecule has 0 aliphatic rings. The molecule has 0 spiro atoms. The lowest BCUT2D eigenvalue weighted by Gasteiger charge is -2.14. The summed E-state index contributed by atoms with van der Waals surface area (Å²) < 4.78 is 22.4. The summed E-state index contributed by atoms with van der Waals surface area (Å²) >= 11 is 0. The summed E-state index contributed by atoms with van der Waals surface area (Å²) in [6.45, 7) is 3.64. The summed E-state index contributed by atoms with van der Waals surface area (Å²) in [6.07, 6.45) is 1.22. The number of hydrogen-bond donors (Lipinski definition) is 2. The molecule has 0 aliphatic heterocycles. The van der Waals surface area contributed by atoms with Gasteiger partial charge in [0.1, 0.15) is 0 Å². The van der Waals surface area contributed by atoms with Crippen molar-refractivity contribution in [2.24, 2.45) is 0 Å². The molecule has 0 radical (unpaired) electrons. The van der Waals surface area contributed by atoms with Crippen LogP contribution >= 0.6 is 7.60 Å². The maximum Gasteiger partial charge on any atom is 0.411 e. The third kappa shape index (κ3) is 5.77. The SMILES string of the molecule is CCC(C)OP(=O)(O)C=Cc1ccc2cc(NC(=O)OC)cc(-c3cccc4ccccc34)c2n1. The van der Waals surface area contributed by atoms with Crippen molar-refractivity contribution in [3.63, 3.8) is 0 Å². The van der Waals surface area contributed by atoms with Crippen LogP contribution in [0.4, 0.5) is 10.5 Å². The molecule has 2 N–H and O–H groups in total. The first-order valence-corrected chi connectivity index (χ1v) is 12.9. The van der Waals surface area contributed by atoms with E-state index in [-0.39, 0.29) is 6.10 Å². The summed E-state index contributed by atoms with van der Waals surface area (Å²) in [5.41, 5.74) is 3.52. The number of nitrogens with one attached hydrogen (secondary N) is 1. The van der Waals surface area contributed by atoms with Crippen LogP contribution in [0.2, 0.25) is 0 Å². The minimum Gasteiger partial charge on any atom is -0.453 e. The first-order chi connectivity index (χ1) is 16.8. The monoisotopic (exact) mass is 490 g/mol. The van der Waals surface area contributed by atoms with Crippen LogP contribution < -0.4 is 5.32 Å². The van der Waals surface area contributed by atoms with Gasteiger partial charge in [0, 0.05) is 22.5 Å². The van der Waals surface area contributed by atoms with Crippen LogP contribution in [0.3, 0.4) is 0 Å². The van der Waals surface area contributed by atoms with Gasteiger partial charge in [-0.2, -0.15) is 0 Å². The molecule has 35 heavy (non-hydrogen) atoms. The fourth-order valence-electron chi connectivity index (χ4n) is 3.79. The number of ether oxygens (including phenoxy) is 1. The van der Waals surface area contributed by atoms with E-state index in [1.165, 1.54) is 13.2 Å². The number of carbonyl (C=O) groups is 1. The van der Waals surface area contributed by atoms with Crippen molar-refractivity contribution in [1.82, 2.24) is 4.98 Å². The Morgan fingerprint density at radius 2 is 1.86 bits per heavy atom. The Morgan fingerprint density at radius 1 is 1.09 bits per heavy atom. The van der Waals surface area contributed by atoms with E-state index in [0.29, 0.717) is 23.3 Å². The molecular weight excluding hydrogens is 463 g/mol. The predicted molar refractivity (Wildman–Crippen MR) is 140 cm³/mol. The Hall–Kier alpha value is -3.51. The van der Waals surface area contributed by atoms with Crippen LogP contribution in [0.25, 0.3) is 38.9 Å². The van der Waals surface area contributed by atoms with Crippen LogP contribution in [0.1, 0.15) is 26.0 Å². The van der Waals surface area contributed by atoms with Gasteiger partial charge in [-0.15, -0.1) is 0 Å². The zero-order valence-corrected chi connectivity index (χ0v) is 20.7. The van der Waals surface area contributed by atoms with Gasteiger partial charge < -0.3 is 14.2 Å². The molecule has 0 saturated heterocycles. The van der Waals surface area contributed by atoms with Crippen LogP contribution in [0, 0.1) is 0 Å². The molecular formula is C27H27N2O5P. The lowest BCUT2D eigenvalue weighted by Crippen LogP contribution is -2.11. The summed E-state index contributed by atoms with van der Waals surface area (Å²) in [7, 11) is -2.59. The number of anilines is 1. The second kappa shape index (κ2) is 10.4. The number of hydrogen-bond acceptors (Lipinski definition) is 5. The van der Waals surface area contributed by atoms with Gasteiger partial charge in [-0.25, -0.2) is 9.78 Å². The quantitative estimate of drug-likeness (QED) is 0.266. The number of pyridine rings is 1. The number of fused-ring (bicyclic) bond motifs is 2. The van der Waals surface area contributed by atoms with Crippen LogP contribution in [-0.2, 0) is 13.8 Å². The van der Waals surface area contributed by atoms with Crippen LogP contribution in [0.5, 0.6) is 0 Å². The maximum absolute atomic E-state index is 12.4. The number of methoxy groups -OCH3 is 1. The highest BCUT2D eigenvalue weighted by atomic mass is 31.2. The molecule has 0 saturated carbocycles. The van der Waals surface area contributed by atoms with Gasteiger partial charge >= 0.3 is 13.7 Å². The van der Waals surface area contributed by atoms with Gasteiger partial charge in [-0.3, -0.25) is 9.88 Å². The van der Waals surface area contributed by atoms with Crippen molar-refractivity contribution >= 4 is 47.1 Å². The third-order valence-corrected chi connectivity index (χ3v) is 6.85. The Labute approximate surface area is 203 Å². The normalized spacial score (nSPS) is 14.2. The summed E-state index contributed by atoms with van der Waals surface area (Å²) in [6, 6.07) is 21.3. The molecule has 2 unspecified atom stereocenters. The van der Waals surface area contributed by atoms with Crippen molar-refractivity contribution < 1.29 is 23.5 Å². The van der Waals surface area contributed by atoms with E-state index in [1.54, 1.807) is 13.0 Å². The number of benzene rings is 3. The second-order valence-electron chi connectivity index (χ2n) is 8.18. The lowest BCUT2D eigenvalue weighted by atomic mass is 9.95. The number of amides is 1. The van der Waals surface area contributed by atoms with Gasteiger partial charge in [0.15, 0.2) is 0 Å². The first-order valence-electron chi connectivity index (χ1n) is 11.3. The number of nitrogens with zero attached hydrogens (tertiary/aromatic N) is 1. The second-order valence-corrected chi connectivity index (χ2v) is 9.82. The highest BCUT2D eigenvalue weighted by molar-refractivity contribution is 7.56. The van der Waals surface area contributed by atoms with Gasteiger partial charge in [0.25, 0.3) is 0 Å². The Kier molecular flexibility index (Phi) is 7.31. The van der Waals surface area contributed by atoms with Crippen molar-refractivity contribution in [2.45, 2.75) is 26.4 Å². The standard InChI is InChI=1S/C27H27N2O5P/c1-4-18(2)34-35(31,32)15-14-21-13-12-20-16-22(29-27(30)33-3)17-25(26(20)28-21)24-11-7-9-19-8-5-6-10-23(19)24/h5-18H,4H2,1-3H3,(H,29,30)(H,31,32). The fraction of sp³-hybridized carbons (Fsp3) is 0.185. The molecule has 1 aromatic heterocycles. The van der Waals surface area contributed by atoms with E-state index in [4.69, 9.17) is 14.2 Å². The summed E-state index contributed by atoms with van der Waals surface area (Å²) in [5, 5.41) is 5.64. The topological polar surface area (TPSA) is 97.8 Å². The molecule has 1 amide bonds. The zero-order valence-electron chi connectivity index (χ0n) is 19.8. The average molecular weight is 490 g/mol. The van der Waals surface area contributed by atoms with E-state index < -0.39 is 13.7 Å². The largest absolute Gasteiger partial charge is 0.453 e. The fourth-order valence-corrected chi connectivity index (χ4v) is 4.86. The molecule has 4 rings (SSSR count). The molecule has 2 atom stereocenters. The van der Waals surface area contributed by atoms with Crippen LogP contribution in [0.15, 0.2) is 72.5 Å². The third-order valence-electron chi connectivity index (χ3n) is 5.67. The molecule has 0 fully saturated rings. The van der Waals surface area contributed by atoms with Crippen LogP contribution in [-0.4, -0.2) is 29.2 Å². The molecule has 8 heteroatoms. The highest BCUT2D eigenvalue weighted by Crippen LogP contribution is 2.46. The smallest absolute Gasteiger partial charge is 0.411 e. The van der Waals surface area contributed by atoms with E-state index in [1.807, 2.05) is 67.6 Å². The minimum atomic E-state index is -3.90. The van der Waals surface area contributed by atoms with Gasteiger partial charge in [-0.05, 0) is 54.0 Å². The van der Waals surface area contributed by atoms with Crippen molar-refractivity contribution in [3.05, 3.63) is 78.2 Å². The Bertz CT molecular complexity index is 1460. The lowest BCUT2D eigenvalue weighted by molar-refractivity contribution is 0.186. The minimum absolute atomic E-state index is 0.334. The summed E-state index contributed by atoms with van der Waals surface area (Å²) in [5.74, 6) is 1.16. The van der Waals surface area contributed by atoms with Crippen molar-refractivity contribution in [1.29, 1.82) is 0 Å². The van der Waals surface area contributed by atoms with Gasteiger partial charge in [-0.1, -0.05) is 55.5 Å². The summed E-state index contributed by atoms with van der Waals surface area (Å²) in [4.78, 5) is 26.8. The van der Waals surface area contributed by atoms with E-state index in [0.717, 1.165) is 33.1 Å². The Morgan fingerprint density at radius 3 is 2.63 bits per heavy atom. The maximum atomic E-state index is 12.4. The molecule has 180 valence electrons. The number of carbonyl (C=O) groups excluding carboxylic acids is 1. The predicted octanol–water partition coefficient (Wildman–Crippen LogP) is 7.20. The number of aromatic nitrogens is 1. The highest BCUT2D eigenvalue weighted by Gasteiger charge is 2.18. The average Bonchev–Trinajstić information content (AvgIpc) is 2.86.